The van der Waals surface area contributed by atoms with Crippen LogP contribution in [-0.2, 0) is 13.2 Å². The maximum atomic E-state index is 9.46. The summed E-state index contributed by atoms with van der Waals surface area (Å²) in [7, 11) is 0. The van der Waals surface area contributed by atoms with E-state index in [-0.39, 0.29) is 6.61 Å². The molecule has 0 fully saturated rings. The second-order valence-corrected chi connectivity index (χ2v) is 4.56. The van der Waals surface area contributed by atoms with Crippen molar-refractivity contribution in [3.05, 3.63) is 71.9 Å². The van der Waals surface area contributed by atoms with Crippen LogP contribution in [0.25, 0.3) is 10.9 Å². The molecule has 0 saturated heterocycles. The lowest BCUT2D eigenvalue weighted by Crippen LogP contribution is -2.00. The molecule has 1 aromatic heterocycles. The van der Waals surface area contributed by atoms with Gasteiger partial charge in [0, 0.05) is 17.1 Å². The fourth-order valence-corrected chi connectivity index (χ4v) is 2.17. The minimum Gasteiger partial charge on any atom is -0.488 e. The maximum Gasteiger partial charge on any atom is 0.136 e. The highest BCUT2D eigenvalue weighted by Gasteiger charge is 2.09. The van der Waals surface area contributed by atoms with Gasteiger partial charge in [0.25, 0.3) is 0 Å². The summed E-state index contributed by atoms with van der Waals surface area (Å²) >= 11 is 0. The fourth-order valence-electron chi connectivity index (χ4n) is 2.17. The number of pyridine rings is 1. The molecule has 3 aromatic rings. The number of aromatic nitrogens is 1. The van der Waals surface area contributed by atoms with Crippen LogP contribution >= 0.6 is 0 Å². The average Bonchev–Trinajstić information content (AvgIpc) is 2.53. The molecule has 0 aliphatic heterocycles. The topological polar surface area (TPSA) is 42.4 Å². The predicted molar refractivity (Wildman–Crippen MR) is 78.4 cm³/mol. The Hall–Kier alpha value is -2.39. The zero-order chi connectivity index (χ0) is 13.8. The van der Waals surface area contributed by atoms with Crippen LogP contribution in [-0.4, -0.2) is 10.1 Å². The van der Waals surface area contributed by atoms with Crippen molar-refractivity contribution in [2.45, 2.75) is 13.2 Å². The zero-order valence-electron chi connectivity index (χ0n) is 11.0. The van der Waals surface area contributed by atoms with Gasteiger partial charge in [-0.15, -0.1) is 0 Å². The molecule has 0 aliphatic carbocycles. The summed E-state index contributed by atoms with van der Waals surface area (Å²) < 4.78 is 5.93. The smallest absolute Gasteiger partial charge is 0.136 e. The number of rotatable bonds is 4. The van der Waals surface area contributed by atoms with Gasteiger partial charge in [-0.2, -0.15) is 0 Å². The Labute approximate surface area is 117 Å². The van der Waals surface area contributed by atoms with Gasteiger partial charge in [-0.1, -0.05) is 42.5 Å². The van der Waals surface area contributed by atoms with Crippen LogP contribution in [0.15, 0.2) is 60.8 Å². The molecule has 3 heteroatoms. The second kappa shape index (κ2) is 5.72. The van der Waals surface area contributed by atoms with Gasteiger partial charge in [0.2, 0.25) is 0 Å². The third-order valence-electron chi connectivity index (χ3n) is 3.20. The van der Waals surface area contributed by atoms with Crippen LogP contribution in [0, 0.1) is 0 Å². The normalized spacial score (nSPS) is 10.7. The Morgan fingerprint density at radius 2 is 1.70 bits per heavy atom. The molecule has 0 radical (unpaired) electrons. The summed E-state index contributed by atoms with van der Waals surface area (Å²) in [5.41, 5.74) is 2.67. The van der Waals surface area contributed by atoms with Gasteiger partial charge in [0.1, 0.15) is 12.4 Å². The van der Waals surface area contributed by atoms with Gasteiger partial charge in [0.15, 0.2) is 0 Å². The van der Waals surface area contributed by atoms with Crippen molar-refractivity contribution in [1.29, 1.82) is 0 Å². The molecule has 0 amide bonds. The average molecular weight is 265 g/mol. The number of ether oxygens (including phenoxy) is 1. The van der Waals surface area contributed by atoms with Crippen LogP contribution in [0.4, 0.5) is 0 Å². The zero-order valence-corrected chi connectivity index (χ0v) is 11.0. The van der Waals surface area contributed by atoms with E-state index in [1.165, 1.54) is 0 Å². The molecule has 0 unspecified atom stereocenters. The van der Waals surface area contributed by atoms with Crippen molar-refractivity contribution in [2.75, 3.05) is 0 Å². The number of nitrogens with zero attached hydrogens (tertiary/aromatic N) is 1. The second-order valence-electron chi connectivity index (χ2n) is 4.56. The van der Waals surface area contributed by atoms with E-state index in [1.54, 1.807) is 6.20 Å². The first kappa shape index (κ1) is 12.6. The number of hydrogen-bond donors (Lipinski definition) is 1. The summed E-state index contributed by atoms with van der Waals surface area (Å²) in [4.78, 5) is 4.33. The van der Waals surface area contributed by atoms with Crippen molar-refractivity contribution >= 4 is 10.9 Å². The molecule has 0 spiro atoms. The summed E-state index contributed by atoms with van der Waals surface area (Å²) in [6.45, 7) is 0.393. The predicted octanol–water partition coefficient (Wildman–Crippen LogP) is 3.31. The maximum absolute atomic E-state index is 9.46. The molecule has 1 N–H and O–H groups in total. The van der Waals surface area contributed by atoms with Gasteiger partial charge >= 0.3 is 0 Å². The monoisotopic (exact) mass is 265 g/mol. The van der Waals surface area contributed by atoms with Gasteiger partial charge in [-0.05, 0) is 17.7 Å². The largest absolute Gasteiger partial charge is 0.488 e. The van der Waals surface area contributed by atoms with Crippen molar-refractivity contribution in [3.63, 3.8) is 0 Å². The van der Waals surface area contributed by atoms with E-state index in [1.807, 2.05) is 54.6 Å². The third-order valence-corrected chi connectivity index (χ3v) is 3.20. The lowest BCUT2D eigenvalue weighted by molar-refractivity contribution is 0.260. The summed E-state index contributed by atoms with van der Waals surface area (Å²) in [6.07, 6.45) is 1.67. The lowest BCUT2D eigenvalue weighted by atomic mass is 10.1. The minimum absolute atomic E-state index is 0.0814. The molecule has 0 bridgehead atoms. The van der Waals surface area contributed by atoms with E-state index in [9.17, 15) is 5.11 Å². The van der Waals surface area contributed by atoms with Crippen molar-refractivity contribution in [2.24, 2.45) is 0 Å². The van der Waals surface area contributed by atoms with Crippen LogP contribution < -0.4 is 4.74 Å². The SMILES string of the molecule is OCc1cnc2ccccc2c1OCc1ccccc1. The highest BCUT2D eigenvalue weighted by molar-refractivity contribution is 5.86. The van der Waals surface area contributed by atoms with Crippen LogP contribution in [0.2, 0.25) is 0 Å². The Balaban J connectivity index is 1.96. The molecule has 0 saturated carbocycles. The standard InChI is InChI=1S/C17H15NO2/c19-11-14-10-18-16-9-5-4-8-15(16)17(14)20-12-13-6-2-1-3-7-13/h1-10,19H,11-12H2. The molecular formula is C17H15NO2. The number of benzene rings is 2. The Morgan fingerprint density at radius 1 is 0.950 bits per heavy atom. The van der Waals surface area contributed by atoms with E-state index < -0.39 is 0 Å². The van der Waals surface area contributed by atoms with Crippen LogP contribution in [0.3, 0.4) is 0 Å². The quantitative estimate of drug-likeness (QED) is 0.787. The van der Waals surface area contributed by atoms with E-state index >= 15 is 0 Å². The van der Waals surface area contributed by atoms with Gasteiger partial charge < -0.3 is 9.84 Å². The number of hydrogen-bond acceptors (Lipinski definition) is 3. The van der Waals surface area contributed by atoms with Crippen LogP contribution in [0.5, 0.6) is 5.75 Å². The highest BCUT2D eigenvalue weighted by atomic mass is 16.5. The first-order chi connectivity index (χ1) is 9.88. The first-order valence-corrected chi connectivity index (χ1v) is 6.52. The number of aliphatic hydroxyl groups is 1. The first-order valence-electron chi connectivity index (χ1n) is 6.52. The molecule has 20 heavy (non-hydrogen) atoms. The van der Waals surface area contributed by atoms with Gasteiger partial charge in [0.05, 0.1) is 12.1 Å². The molecule has 100 valence electrons. The Bertz CT molecular complexity index is 711. The molecule has 0 atom stereocenters. The van der Waals surface area contributed by atoms with Crippen LogP contribution in [0.1, 0.15) is 11.1 Å². The number of para-hydroxylation sites is 1. The van der Waals surface area contributed by atoms with E-state index in [0.29, 0.717) is 17.9 Å². The summed E-state index contributed by atoms with van der Waals surface area (Å²) in [5.74, 6) is 0.710. The lowest BCUT2D eigenvalue weighted by Gasteiger charge is -2.12. The van der Waals surface area contributed by atoms with E-state index in [0.717, 1.165) is 16.5 Å². The molecule has 3 nitrogen and oxygen atoms in total. The molecule has 1 heterocycles. The molecule has 3 rings (SSSR count). The van der Waals surface area contributed by atoms with Crippen molar-refractivity contribution in [3.8, 4) is 5.75 Å². The van der Waals surface area contributed by atoms with Gasteiger partial charge in [-0.25, -0.2) is 0 Å². The highest BCUT2D eigenvalue weighted by Crippen LogP contribution is 2.29. The molecular weight excluding hydrogens is 250 g/mol. The number of fused-ring (bicyclic) bond motifs is 1. The third kappa shape index (κ3) is 2.49. The van der Waals surface area contributed by atoms with Crippen molar-refractivity contribution < 1.29 is 9.84 Å². The number of aliphatic hydroxyl groups excluding tert-OH is 1. The van der Waals surface area contributed by atoms with E-state index in [2.05, 4.69) is 4.98 Å². The fraction of sp³-hybridized carbons (Fsp3) is 0.118. The van der Waals surface area contributed by atoms with Crippen molar-refractivity contribution in [1.82, 2.24) is 4.98 Å². The Kier molecular flexibility index (Phi) is 3.61. The minimum atomic E-state index is -0.0814. The summed E-state index contributed by atoms with van der Waals surface area (Å²) in [6, 6.07) is 17.8. The Morgan fingerprint density at radius 3 is 2.50 bits per heavy atom. The molecule has 0 aliphatic rings. The molecule has 2 aromatic carbocycles. The van der Waals surface area contributed by atoms with E-state index in [4.69, 9.17) is 4.74 Å². The summed E-state index contributed by atoms with van der Waals surface area (Å²) in [5, 5.41) is 10.4. The van der Waals surface area contributed by atoms with Gasteiger partial charge in [-0.3, -0.25) is 4.98 Å².